The molecule has 16 heavy (non-hydrogen) atoms. The molecule has 0 aliphatic heterocycles. The van der Waals surface area contributed by atoms with Crippen molar-refractivity contribution in [2.24, 2.45) is 0 Å². The van der Waals surface area contributed by atoms with E-state index in [9.17, 15) is 4.79 Å². The first-order chi connectivity index (χ1) is 7.75. The lowest BCUT2D eigenvalue weighted by Gasteiger charge is -1.94. The Morgan fingerprint density at radius 3 is 3.00 bits per heavy atom. The highest BCUT2D eigenvalue weighted by molar-refractivity contribution is 7.98. The van der Waals surface area contributed by atoms with Crippen LogP contribution in [0.4, 0.5) is 0 Å². The van der Waals surface area contributed by atoms with Crippen LogP contribution in [0.1, 0.15) is 11.4 Å². The quantitative estimate of drug-likeness (QED) is 0.832. The molecular formula is C11H11NO2S2. The average Bonchev–Trinajstić information content (AvgIpc) is 2.66. The summed E-state index contributed by atoms with van der Waals surface area (Å²) in [5, 5.41) is 9.56. The molecule has 1 aromatic heterocycles. The normalized spacial score (nSPS) is 10.8. The predicted molar refractivity (Wildman–Crippen MR) is 68.0 cm³/mol. The van der Waals surface area contributed by atoms with Crippen LogP contribution in [0, 0.1) is 0 Å². The van der Waals surface area contributed by atoms with Crippen molar-refractivity contribution in [2.75, 3.05) is 5.75 Å². The van der Waals surface area contributed by atoms with Crippen LogP contribution >= 0.6 is 23.1 Å². The Kier molecular flexibility index (Phi) is 3.79. The minimum atomic E-state index is -0.739. The molecule has 0 aliphatic rings. The third-order valence-corrected chi connectivity index (χ3v) is 4.21. The number of benzene rings is 1. The zero-order valence-electron chi connectivity index (χ0n) is 8.55. The Labute approximate surface area is 102 Å². The number of nitrogens with zero attached hydrogens (tertiary/aromatic N) is 1. The molecule has 2 aromatic rings. The Bertz CT molecular complexity index is 462. The molecule has 0 amide bonds. The van der Waals surface area contributed by atoms with Gasteiger partial charge in [0.1, 0.15) is 5.01 Å². The number of hydrogen-bond acceptors (Lipinski definition) is 4. The van der Waals surface area contributed by atoms with Gasteiger partial charge in [-0.15, -0.1) is 11.3 Å². The number of fused-ring (bicyclic) bond motifs is 1. The van der Waals surface area contributed by atoms with Gasteiger partial charge in [0, 0.05) is 11.5 Å². The fourth-order valence-electron chi connectivity index (χ4n) is 1.30. The molecule has 2 rings (SSSR count). The SMILES string of the molecule is O=C(O)CCSCc1nc2ccccc2s1. The highest BCUT2D eigenvalue weighted by atomic mass is 32.2. The number of thiazole rings is 1. The van der Waals surface area contributed by atoms with Crippen LogP contribution < -0.4 is 0 Å². The summed E-state index contributed by atoms with van der Waals surface area (Å²) in [5.41, 5.74) is 1.03. The second-order valence-electron chi connectivity index (χ2n) is 3.27. The third-order valence-electron chi connectivity index (χ3n) is 2.02. The monoisotopic (exact) mass is 253 g/mol. The zero-order valence-corrected chi connectivity index (χ0v) is 10.2. The maximum Gasteiger partial charge on any atom is 0.304 e. The molecule has 0 fully saturated rings. The second-order valence-corrected chi connectivity index (χ2v) is 5.49. The van der Waals surface area contributed by atoms with Gasteiger partial charge in [-0.2, -0.15) is 11.8 Å². The van der Waals surface area contributed by atoms with Crippen molar-refractivity contribution in [2.45, 2.75) is 12.2 Å². The van der Waals surface area contributed by atoms with Crippen LogP contribution in [0.25, 0.3) is 10.2 Å². The summed E-state index contributed by atoms with van der Waals surface area (Å²) < 4.78 is 1.19. The van der Waals surface area contributed by atoms with E-state index in [0.717, 1.165) is 16.3 Å². The molecule has 0 bridgehead atoms. The fourth-order valence-corrected chi connectivity index (χ4v) is 3.25. The molecule has 0 saturated carbocycles. The smallest absolute Gasteiger partial charge is 0.304 e. The summed E-state index contributed by atoms with van der Waals surface area (Å²) in [4.78, 5) is 14.8. The molecule has 0 aliphatic carbocycles. The summed E-state index contributed by atoms with van der Waals surface area (Å²) >= 11 is 3.29. The predicted octanol–water partition coefficient (Wildman–Crippen LogP) is 3.00. The van der Waals surface area contributed by atoms with Gasteiger partial charge in [0.2, 0.25) is 0 Å². The number of hydrogen-bond donors (Lipinski definition) is 1. The van der Waals surface area contributed by atoms with E-state index in [1.807, 2.05) is 18.2 Å². The second kappa shape index (κ2) is 5.32. The molecule has 84 valence electrons. The van der Waals surface area contributed by atoms with E-state index in [1.54, 1.807) is 23.1 Å². The number of aromatic nitrogens is 1. The number of carboxylic acids is 1. The number of thioether (sulfide) groups is 1. The summed E-state index contributed by atoms with van der Waals surface area (Å²) in [6.45, 7) is 0. The van der Waals surface area contributed by atoms with Crippen LogP contribution in [-0.2, 0) is 10.5 Å². The van der Waals surface area contributed by atoms with E-state index in [0.29, 0.717) is 5.75 Å². The van der Waals surface area contributed by atoms with Gasteiger partial charge >= 0.3 is 5.97 Å². The number of aliphatic carboxylic acids is 1. The molecule has 1 aromatic carbocycles. The highest BCUT2D eigenvalue weighted by Crippen LogP contribution is 2.24. The van der Waals surface area contributed by atoms with Gasteiger partial charge in [-0.3, -0.25) is 4.79 Å². The first kappa shape index (κ1) is 11.4. The van der Waals surface area contributed by atoms with Crippen LogP contribution in [0.2, 0.25) is 0 Å². The molecule has 3 nitrogen and oxygen atoms in total. The van der Waals surface area contributed by atoms with Crippen LogP contribution in [0.5, 0.6) is 0 Å². The molecule has 0 atom stereocenters. The maximum atomic E-state index is 10.3. The van der Waals surface area contributed by atoms with Gasteiger partial charge in [0.05, 0.1) is 16.6 Å². The largest absolute Gasteiger partial charge is 0.481 e. The highest BCUT2D eigenvalue weighted by Gasteiger charge is 2.03. The Balaban J connectivity index is 1.92. The zero-order chi connectivity index (χ0) is 11.4. The van der Waals surface area contributed by atoms with E-state index >= 15 is 0 Å². The molecule has 0 radical (unpaired) electrons. The summed E-state index contributed by atoms with van der Waals surface area (Å²) in [6.07, 6.45) is 0.218. The lowest BCUT2D eigenvalue weighted by Crippen LogP contribution is -1.96. The minimum Gasteiger partial charge on any atom is -0.481 e. The summed E-state index contributed by atoms with van der Waals surface area (Å²) in [5.74, 6) is 0.703. The molecule has 5 heteroatoms. The Hall–Kier alpha value is -1.07. The molecule has 0 spiro atoms. The molecule has 0 saturated heterocycles. The van der Waals surface area contributed by atoms with Crippen molar-refractivity contribution in [3.05, 3.63) is 29.3 Å². The van der Waals surface area contributed by atoms with Crippen molar-refractivity contribution in [1.82, 2.24) is 4.98 Å². The molecule has 1 N–H and O–H groups in total. The molecule has 1 heterocycles. The van der Waals surface area contributed by atoms with Crippen molar-refractivity contribution < 1.29 is 9.90 Å². The fraction of sp³-hybridized carbons (Fsp3) is 0.273. The first-order valence-corrected chi connectivity index (χ1v) is 6.87. The number of carbonyl (C=O) groups is 1. The average molecular weight is 253 g/mol. The number of carboxylic acid groups (broad SMARTS) is 1. The van der Waals surface area contributed by atoms with Crippen LogP contribution in [0.15, 0.2) is 24.3 Å². The van der Waals surface area contributed by atoms with E-state index in [4.69, 9.17) is 5.11 Å². The maximum absolute atomic E-state index is 10.3. The van der Waals surface area contributed by atoms with Gasteiger partial charge in [-0.25, -0.2) is 4.98 Å². The Morgan fingerprint density at radius 2 is 2.25 bits per heavy atom. The standard InChI is InChI=1S/C11H11NO2S2/c13-11(14)5-6-15-7-10-12-8-3-1-2-4-9(8)16-10/h1-4H,5-7H2,(H,13,14). The van der Waals surface area contributed by atoms with E-state index < -0.39 is 5.97 Å². The van der Waals surface area contributed by atoms with E-state index in [2.05, 4.69) is 11.1 Å². The summed E-state index contributed by atoms with van der Waals surface area (Å²) in [7, 11) is 0. The van der Waals surface area contributed by atoms with E-state index in [-0.39, 0.29) is 6.42 Å². The van der Waals surface area contributed by atoms with Crippen molar-refractivity contribution >= 4 is 39.3 Å². The van der Waals surface area contributed by atoms with Crippen molar-refractivity contribution in [3.8, 4) is 0 Å². The van der Waals surface area contributed by atoms with Gasteiger partial charge in [0.15, 0.2) is 0 Å². The van der Waals surface area contributed by atoms with Crippen molar-refractivity contribution in [3.63, 3.8) is 0 Å². The molecule has 0 unspecified atom stereocenters. The van der Waals surface area contributed by atoms with Gasteiger partial charge in [0.25, 0.3) is 0 Å². The van der Waals surface area contributed by atoms with Gasteiger partial charge in [-0.1, -0.05) is 12.1 Å². The minimum absolute atomic E-state index is 0.218. The van der Waals surface area contributed by atoms with Gasteiger partial charge < -0.3 is 5.11 Å². The topological polar surface area (TPSA) is 50.2 Å². The first-order valence-electron chi connectivity index (χ1n) is 4.90. The van der Waals surface area contributed by atoms with Gasteiger partial charge in [-0.05, 0) is 12.1 Å². The van der Waals surface area contributed by atoms with Crippen LogP contribution in [-0.4, -0.2) is 21.8 Å². The van der Waals surface area contributed by atoms with Crippen LogP contribution in [0.3, 0.4) is 0 Å². The Morgan fingerprint density at radius 1 is 1.44 bits per heavy atom. The lowest BCUT2D eigenvalue weighted by molar-refractivity contribution is -0.136. The number of para-hydroxylation sites is 1. The summed E-state index contributed by atoms with van der Waals surface area (Å²) in [6, 6.07) is 8.03. The molecular weight excluding hydrogens is 242 g/mol. The third kappa shape index (κ3) is 2.96. The lowest BCUT2D eigenvalue weighted by atomic mass is 10.3. The van der Waals surface area contributed by atoms with E-state index in [1.165, 1.54) is 4.70 Å². The number of rotatable bonds is 5. The van der Waals surface area contributed by atoms with Crippen molar-refractivity contribution in [1.29, 1.82) is 0 Å².